The lowest BCUT2D eigenvalue weighted by Crippen LogP contribution is -2.18. The molecule has 0 saturated heterocycles. The fourth-order valence-corrected chi connectivity index (χ4v) is 2.63. The number of ether oxygens (including phenoxy) is 2. The van der Waals surface area contributed by atoms with Crippen LogP contribution in [0.15, 0.2) is 12.1 Å². The summed E-state index contributed by atoms with van der Waals surface area (Å²) in [6.45, 7) is 1.73. The van der Waals surface area contributed by atoms with Crippen LogP contribution in [0.1, 0.15) is 27.8 Å². The van der Waals surface area contributed by atoms with Crippen molar-refractivity contribution in [2.45, 2.75) is 13.2 Å². The molecule has 1 heterocycles. The molecule has 0 amide bonds. The van der Waals surface area contributed by atoms with Crippen LogP contribution in [-0.4, -0.2) is 28.4 Å². The normalized spacial score (nSPS) is 17.1. The van der Waals surface area contributed by atoms with Gasteiger partial charge >= 0.3 is 5.97 Å². The Labute approximate surface area is 113 Å². The number of carbonyl (C=O) groups is 1. The van der Waals surface area contributed by atoms with Gasteiger partial charge in [-0.1, -0.05) is 0 Å². The van der Waals surface area contributed by atoms with E-state index in [4.69, 9.17) is 9.47 Å². The molecule has 0 bridgehead atoms. The Morgan fingerprint density at radius 3 is 2.55 bits per heavy atom. The van der Waals surface area contributed by atoms with Gasteiger partial charge in [-0.25, -0.2) is 4.79 Å². The van der Waals surface area contributed by atoms with Gasteiger partial charge in [0.1, 0.15) is 22.8 Å². The minimum absolute atomic E-state index is 0.0504. The van der Waals surface area contributed by atoms with Gasteiger partial charge in [0, 0.05) is 16.8 Å². The Morgan fingerprint density at radius 2 is 1.90 bits per heavy atom. The van der Waals surface area contributed by atoms with E-state index in [1.807, 2.05) is 0 Å². The van der Waals surface area contributed by atoms with Crippen LogP contribution >= 0.6 is 0 Å². The molecule has 0 saturated carbocycles. The van der Waals surface area contributed by atoms with E-state index in [0.29, 0.717) is 16.7 Å². The summed E-state index contributed by atoms with van der Waals surface area (Å²) in [5.41, 5.74) is 0.621. The average molecular weight is 276 g/mol. The molecule has 1 aliphatic heterocycles. The molecule has 6 heteroatoms. The zero-order valence-electron chi connectivity index (χ0n) is 10.8. The third-order valence-electron chi connectivity index (χ3n) is 3.45. The summed E-state index contributed by atoms with van der Waals surface area (Å²) in [6.07, 6.45) is -1.58. The largest absolute Gasteiger partial charge is 0.507 e. The predicted molar refractivity (Wildman–Crippen MR) is 68.9 cm³/mol. The first-order valence-electron chi connectivity index (χ1n) is 5.91. The summed E-state index contributed by atoms with van der Waals surface area (Å²) in [5, 5.41) is 30.6. The van der Waals surface area contributed by atoms with Crippen molar-refractivity contribution in [3.8, 4) is 17.2 Å². The van der Waals surface area contributed by atoms with Crippen LogP contribution in [0.25, 0.3) is 10.8 Å². The second-order valence-corrected chi connectivity index (χ2v) is 4.61. The maximum atomic E-state index is 11.9. The summed E-state index contributed by atoms with van der Waals surface area (Å²) in [5.74, 6) is -1.02. The zero-order valence-corrected chi connectivity index (χ0v) is 10.8. The smallest absolute Gasteiger partial charge is 0.345 e. The van der Waals surface area contributed by atoms with Crippen LogP contribution in [0.5, 0.6) is 17.2 Å². The van der Waals surface area contributed by atoms with Gasteiger partial charge in [-0.15, -0.1) is 0 Å². The second kappa shape index (κ2) is 4.01. The van der Waals surface area contributed by atoms with Crippen molar-refractivity contribution >= 4 is 16.7 Å². The highest BCUT2D eigenvalue weighted by Crippen LogP contribution is 2.47. The van der Waals surface area contributed by atoms with Crippen molar-refractivity contribution in [3.63, 3.8) is 0 Å². The average Bonchev–Trinajstić information content (AvgIpc) is 2.36. The molecule has 0 radical (unpaired) electrons. The van der Waals surface area contributed by atoms with Gasteiger partial charge in [-0.05, 0) is 18.6 Å². The third-order valence-corrected chi connectivity index (χ3v) is 3.45. The standard InChI is InChI=1S/C14H12O6/c1-5-3-6(15)10-12-9(5)8(19-2)4-7(16)11(12)14(18)20-13(10)17/h3-4,14-16,18H,1-2H3. The molecule has 104 valence electrons. The van der Waals surface area contributed by atoms with E-state index >= 15 is 0 Å². The molecule has 1 unspecified atom stereocenters. The summed E-state index contributed by atoms with van der Waals surface area (Å²) in [4.78, 5) is 11.9. The summed E-state index contributed by atoms with van der Waals surface area (Å²) < 4.78 is 9.94. The number of esters is 1. The van der Waals surface area contributed by atoms with Crippen LogP contribution in [0.3, 0.4) is 0 Å². The lowest BCUT2D eigenvalue weighted by molar-refractivity contribution is -0.0697. The molecule has 1 aliphatic rings. The van der Waals surface area contributed by atoms with E-state index in [-0.39, 0.29) is 28.0 Å². The summed E-state index contributed by atoms with van der Waals surface area (Å²) in [7, 11) is 1.43. The number of aryl methyl sites for hydroxylation is 1. The first-order valence-corrected chi connectivity index (χ1v) is 5.91. The SMILES string of the molecule is COc1cc(O)c2c3c(c(O)cc(C)c13)C(=O)OC2O. The van der Waals surface area contributed by atoms with Gasteiger partial charge in [0.15, 0.2) is 0 Å². The minimum atomic E-state index is -1.58. The minimum Gasteiger partial charge on any atom is -0.507 e. The van der Waals surface area contributed by atoms with E-state index in [2.05, 4.69) is 0 Å². The number of aliphatic hydroxyl groups excluding tert-OH is 1. The zero-order chi connectivity index (χ0) is 14.6. The monoisotopic (exact) mass is 276 g/mol. The number of methoxy groups -OCH3 is 1. The lowest BCUT2D eigenvalue weighted by atomic mass is 9.91. The number of phenolic OH excluding ortho intramolecular Hbond substituents is 2. The van der Waals surface area contributed by atoms with E-state index in [1.165, 1.54) is 19.2 Å². The lowest BCUT2D eigenvalue weighted by Gasteiger charge is -2.25. The Bertz CT molecular complexity index is 749. The van der Waals surface area contributed by atoms with Crippen molar-refractivity contribution in [2.24, 2.45) is 0 Å². The van der Waals surface area contributed by atoms with Gasteiger partial charge in [0.2, 0.25) is 6.29 Å². The first kappa shape index (κ1) is 12.6. The van der Waals surface area contributed by atoms with Crippen LogP contribution in [0, 0.1) is 6.92 Å². The molecular weight excluding hydrogens is 264 g/mol. The quantitative estimate of drug-likeness (QED) is 0.686. The Hall–Kier alpha value is -2.47. The molecule has 0 fully saturated rings. The van der Waals surface area contributed by atoms with Crippen molar-refractivity contribution in [1.29, 1.82) is 0 Å². The van der Waals surface area contributed by atoms with Gasteiger partial charge in [-0.3, -0.25) is 0 Å². The van der Waals surface area contributed by atoms with Crippen LogP contribution in [0.4, 0.5) is 0 Å². The Morgan fingerprint density at radius 1 is 1.20 bits per heavy atom. The number of carbonyl (C=O) groups excluding carboxylic acids is 1. The van der Waals surface area contributed by atoms with Gasteiger partial charge < -0.3 is 24.8 Å². The number of hydrogen-bond donors (Lipinski definition) is 3. The number of rotatable bonds is 1. The van der Waals surface area contributed by atoms with E-state index in [0.717, 1.165) is 0 Å². The van der Waals surface area contributed by atoms with Crippen LogP contribution < -0.4 is 4.74 Å². The number of benzene rings is 2. The second-order valence-electron chi connectivity index (χ2n) is 4.61. The molecule has 1 atom stereocenters. The molecule has 6 nitrogen and oxygen atoms in total. The maximum absolute atomic E-state index is 11.9. The third kappa shape index (κ3) is 1.45. The molecule has 3 N–H and O–H groups in total. The number of cyclic esters (lactones) is 1. The molecule has 0 aromatic heterocycles. The number of hydrogen-bond acceptors (Lipinski definition) is 6. The highest BCUT2D eigenvalue weighted by Gasteiger charge is 2.34. The van der Waals surface area contributed by atoms with Crippen molar-refractivity contribution in [2.75, 3.05) is 7.11 Å². The number of aromatic hydroxyl groups is 2. The fourth-order valence-electron chi connectivity index (χ4n) is 2.63. The van der Waals surface area contributed by atoms with Crippen LogP contribution in [0.2, 0.25) is 0 Å². The predicted octanol–water partition coefficient (Wildman–Crippen LogP) is 1.73. The highest BCUT2D eigenvalue weighted by atomic mass is 16.6. The topological polar surface area (TPSA) is 96.2 Å². The van der Waals surface area contributed by atoms with E-state index in [9.17, 15) is 20.1 Å². The van der Waals surface area contributed by atoms with Crippen molar-refractivity contribution in [3.05, 3.63) is 28.8 Å². The molecule has 2 aromatic carbocycles. The fraction of sp³-hybridized carbons (Fsp3) is 0.214. The maximum Gasteiger partial charge on any atom is 0.345 e. The summed E-state index contributed by atoms with van der Waals surface area (Å²) in [6, 6.07) is 2.76. The molecule has 3 rings (SSSR count). The number of phenols is 2. The van der Waals surface area contributed by atoms with Crippen molar-refractivity contribution in [1.82, 2.24) is 0 Å². The number of aliphatic hydroxyl groups is 1. The Balaban J connectivity index is 2.62. The molecule has 2 aromatic rings. The Kier molecular flexibility index (Phi) is 2.52. The van der Waals surface area contributed by atoms with Gasteiger partial charge in [-0.2, -0.15) is 0 Å². The highest BCUT2D eigenvalue weighted by molar-refractivity contribution is 6.13. The molecule has 0 aliphatic carbocycles. The van der Waals surface area contributed by atoms with Gasteiger partial charge in [0.05, 0.1) is 12.7 Å². The van der Waals surface area contributed by atoms with Crippen LogP contribution in [-0.2, 0) is 4.74 Å². The first-order chi connectivity index (χ1) is 9.45. The molecule has 0 spiro atoms. The van der Waals surface area contributed by atoms with E-state index in [1.54, 1.807) is 6.92 Å². The molecular formula is C14H12O6. The van der Waals surface area contributed by atoms with Gasteiger partial charge in [0.25, 0.3) is 0 Å². The molecule has 20 heavy (non-hydrogen) atoms. The summed E-state index contributed by atoms with van der Waals surface area (Å²) >= 11 is 0. The van der Waals surface area contributed by atoms with E-state index < -0.39 is 12.3 Å². The van der Waals surface area contributed by atoms with Crippen molar-refractivity contribution < 1.29 is 29.6 Å².